The number of carbonyl (C=O) groups is 1. The first-order chi connectivity index (χ1) is 10.6. The van der Waals surface area contributed by atoms with Crippen molar-refractivity contribution in [1.29, 1.82) is 0 Å². The number of carbonyl (C=O) groups excluding carboxylic acids is 1. The minimum Gasteiger partial charge on any atom is -0.508 e. The fourth-order valence-corrected chi connectivity index (χ4v) is 2.17. The molecule has 1 amide bonds. The van der Waals surface area contributed by atoms with Crippen molar-refractivity contribution in [3.63, 3.8) is 0 Å². The van der Waals surface area contributed by atoms with Gasteiger partial charge in [0.15, 0.2) is 0 Å². The van der Waals surface area contributed by atoms with Crippen LogP contribution in [0.5, 0.6) is 5.75 Å². The lowest BCUT2D eigenvalue weighted by molar-refractivity contribution is 0.0953. The van der Waals surface area contributed by atoms with Gasteiger partial charge in [-0.3, -0.25) is 4.79 Å². The molecule has 0 aromatic heterocycles. The number of rotatable bonds is 6. The highest BCUT2D eigenvalue weighted by molar-refractivity contribution is 5.94. The second-order valence-electron chi connectivity index (χ2n) is 5.47. The molecule has 2 N–H and O–H groups in total. The minimum atomic E-state index is -0.0454. The maximum Gasteiger partial charge on any atom is 0.251 e. The maximum absolute atomic E-state index is 12.0. The Morgan fingerprint density at radius 1 is 1.05 bits per heavy atom. The molecule has 4 heteroatoms. The van der Waals surface area contributed by atoms with Gasteiger partial charge in [-0.15, -0.1) is 0 Å². The van der Waals surface area contributed by atoms with Crippen LogP contribution in [-0.4, -0.2) is 31.7 Å². The first kappa shape index (κ1) is 15.9. The van der Waals surface area contributed by atoms with Gasteiger partial charge >= 0.3 is 0 Å². The minimum absolute atomic E-state index is 0.0454. The van der Waals surface area contributed by atoms with Crippen molar-refractivity contribution in [2.45, 2.75) is 12.8 Å². The first-order valence-corrected chi connectivity index (χ1v) is 7.40. The largest absolute Gasteiger partial charge is 0.508 e. The van der Waals surface area contributed by atoms with Gasteiger partial charge in [0.1, 0.15) is 5.75 Å². The van der Waals surface area contributed by atoms with Crippen LogP contribution in [0.3, 0.4) is 0 Å². The predicted molar refractivity (Wildman–Crippen MR) is 89.5 cm³/mol. The predicted octanol–water partition coefficient (Wildman–Crippen LogP) is 2.82. The van der Waals surface area contributed by atoms with Crippen molar-refractivity contribution < 1.29 is 9.90 Å². The zero-order chi connectivity index (χ0) is 15.9. The fourth-order valence-electron chi connectivity index (χ4n) is 2.17. The summed E-state index contributed by atoms with van der Waals surface area (Å²) < 4.78 is 0. The van der Waals surface area contributed by atoms with E-state index in [0.717, 1.165) is 24.1 Å². The summed E-state index contributed by atoms with van der Waals surface area (Å²) in [5.74, 6) is 0.231. The standard InChI is InChI=1S/C18H22N2O2/c1-20(2)16-9-7-15(8-10-16)18(22)19-13-3-4-14-5-11-17(21)12-6-14/h5-12,21H,3-4,13H2,1-2H3,(H,19,22). The average molecular weight is 298 g/mol. The molecule has 0 unspecified atom stereocenters. The molecule has 116 valence electrons. The van der Waals surface area contributed by atoms with Crippen LogP contribution < -0.4 is 10.2 Å². The lowest BCUT2D eigenvalue weighted by Gasteiger charge is -2.12. The second kappa shape index (κ2) is 7.50. The third-order valence-electron chi connectivity index (χ3n) is 3.51. The lowest BCUT2D eigenvalue weighted by atomic mass is 10.1. The smallest absolute Gasteiger partial charge is 0.251 e. The van der Waals surface area contributed by atoms with Gasteiger partial charge < -0.3 is 15.3 Å². The highest BCUT2D eigenvalue weighted by Gasteiger charge is 2.05. The van der Waals surface area contributed by atoms with Gasteiger partial charge in [0, 0.05) is 31.9 Å². The number of phenolic OH excluding ortho intramolecular Hbond substituents is 1. The van der Waals surface area contributed by atoms with Gasteiger partial charge in [0.05, 0.1) is 0 Å². The molecule has 0 saturated heterocycles. The third-order valence-corrected chi connectivity index (χ3v) is 3.51. The Kier molecular flexibility index (Phi) is 5.42. The molecule has 0 saturated carbocycles. The summed E-state index contributed by atoms with van der Waals surface area (Å²) >= 11 is 0. The number of aromatic hydroxyl groups is 1. The van der Waals surface area contributed by atoms with Crippen LogP contribution in [-0.2, 0) is 6.42 Å². The summed E-state index contributed by atoms with van der Waals surface area (Å²) in [6.07, 6.45) is 1.74. The topological polar surface area (TPSA) is 52.6 Å². The van der Waals surface area contributed by atoms with E-state index in [1.807, 2.05) is 55.4 Å². The second-order valence-corrected chi connectivity index (χ2v) is 5.47. The van der Waals surface area contributed by atoms with Crippen molar-refractivity contribution in [2.75, 3.05) is 25.5 Å². The normalized spacial score (nSPS) is 10.3. The Hall–Kier alpha value is -2.49. The number of hydrogen-bond donors (Lipinski definition) is 2. The Balaban J connectivity index is 1.76. The number of anilines is 1. The van der Waals surface area contributed by atoms with E-state index in [1.165, 1.54) is 0 Å². The van der Waals surface area contributed by atoms with E-state index in [0.29, 0.717) is 12.1 Å². The Labute approximate surface area is 131 Å². The van der Waals surface area contributed by atoms with Gasteiger partial charge in [-0.05, 0) is 54.8 Å². The molecule has 0 spiro atoms. The molecule has 0 aliphatic carbocycles. The van der Waals surface area contributed by atoms with E-state index in [9.17, 15) is 9.90 Å². The lowest BCUT2D eigenvalue weighted by Crippen LogP contribution is -2.24. The van der Waals surface area contributed by atoms with E-state index in [2.05, 4.69) is 5.32 Å². The number of nitrogens with zero attached hydrogens (tertiary/aromatic N) is 1. The summed E-state index contributed by atoms with van der Waals surface area (Å²) in [5.41, 5.74) is 2.90. The third kappa shape index (κ3) is 4.52. The molecular weight excluding hydrogens is 276 g/mol. The van der Waals surface area contributed by atoms with Crippen LogP contribution >= 0.6 is 0 Å². The van der Waals surface area contributed by atoms with Crippen LogP contribution in [0.1, 0.15) is 22.3 Å². The molecular formula is C18H22N2O2. The molecule has 2 aromatic carbocycles. The maximum atomic E-state index is 12.0. The molecule has 0 aliphatic heterocycles. The van der Waals surface area contributed by atoms with Gasteiger partial charge in [0.25, 0.3) is 5.91 Å². The molecule has 0 fully saturated rings. The number of nitrogens with one attached hydrogen (secondary N) is 1. The first-order valence-electron chi connectivity index (χ1n) is 7.40. The molecule has 22 heavy (non-hydrogen) atoms. The molecule has 0 radical (unpaired) electrons. The van der Waals surface area contributed by atoms with E-state index in [4.69, 9.17) is 0 Å². The van der Waals surface area contributed by atoms with E-state index in [1.54, 1.807) is 12.1 Å². The summed E-state index contributed by atoms with van der Waals surface area (Å²) in [6.45, 7) is 0.634. The number of hydrogen-bond acceptors (Lipinski definition) is 3. The molecule has 0 bridgehead atoms. The molecule has 0 aliphatic rings. The zero-order valence-corrected chi connectivity index (χ0v) is 13.0. The SMILES string of the molecule is CN(C)c1ccc(C(=O)NCCCc2ccc(O)cc2)cc1. The van der Waals surface area contributed by atoms with Crippen molar-refractivity contribution in [3.05, 3.63) is 59.7 Å². The summed E-state index contributed by atoms with van der Waals surface area (Å²) in [6, 6.07) is 14.7. The molecule has 0 atom stereocenters. The number of amides is 1. The van der Waals surface area contributed by atoms with Gasteiger partial charge in [0.2, 0.25) is 0 Å². The van der Waals surface area contributed by atoms with Gasteiger partial charge in [-0.1, -0.05) is 12.1 Å². The van der Waals surface area contributed by atoms with Gasteiger partial charge in [-0.25, -0.2) is 0 Å². The van der Waals surface area contributed by atoms with Crippen molar-refractivity contribution in [1.82, 2.24) is 5.32 Å². The molecule has 2 aromatic rings. The van der Waals surface area contributed by atoms with Crippen molar-refractivity contribution in [3.8, 4) is 5.75 Å². The monoisotopic (exact) mass is 298 g/mol. The summed E-state index contributed by atoms with van der Waals surface area (Å²) in [5, 5.41) is 12.1. The van der Waals surface area contributed by atoms with Crippen LogP contribution in [0.25, 0.3) is 0 Å². The van der Waals surface area contributed by atoms with Gasteiger partial charge in [-0.2, -0.15) is 0 Å². The Morgan fingerprint density at radius 3 is 2.27 bits per heavy atom. The molecule has 2 rings (SSSR count). The summed E-state index contributed by atoms with van der Waals surface area (Å²) in [4.78, 5) is 14.0. The Morgan fingerprint density at radius 2 is 1.68 bits per heavy atom. The summed E-state index contributed by atoms with van der Waals surface area (Å²) in [7, 11) is 3.94. The quantitative estimate of drug-likeness (QED) is 0.806. The van der Waals surface area contributed by atoms with Crippen LogP contribution in [0.15, 0.2) is 48.5 Å². The van der Waals surface area contributed by atoms with Crippen molar-refractivity contribution >= 4 is 11.6 Å². The van der Waals surface area contributed by atoms with E-state index >= 15 is 0 Å². The molecule has 4 nitrogen and oxygen atoms in total. The average Bonchev–Trinajstić information content (AvgIpc) is 2.53. The highest BCUT2D eigenvalue weighted by Crippen LogP contribution is 2.12. The highest BCUT2D eigenvalue weighted by atomic mass is 16.3. The van der Waals surface area contributed by atoms with Crippen LogP contribution in [0.2, 0.25) is 0 Å². The fraction of sp³-hybridized carbons (Fsp3) is 0.278. The number of benzene rings is 2. The number of aryl methyl sites for hydroxylation is 1. The van der Waals surface area contributed by atoms with Crippen LogP contribution in [0.4, 0.5) is 5.69 Å². The van der Waals surface area contributed by atoms with Crippen LogP contribution in [0, 0.1) is 0 Å². The Bertz CT molecular complexity index is 604. The van der Waals surface area contributed by atoms with E-state index in [-0.39, 0.29) is 11.7 Å². The van der Waals surface area contributed by atoms with Crippen molar-refractivity contribution in [2.24, 2.45) is 0 Å². The number of phenols is 1. The van der Waals surface area contributed by atoms with E-state index < -0.39 is 0 Å². The molecule has 0 heterocycles. The zero-order valence-electron chi connectivity index (χ0n) is 13.0.